The van der Waals surface area contributed by atoms with Gasteiger partial charge in [0.2, 0.25) is 0 Å². The van der Waals surface area contributed by atoms with Crippen molar-refractivity contribution in [3.63, 3.8) is 0 Å². The molecule has 1 N–H and O–H groups in total. The normalized spacial score (nSPS) is 11.3. The van der Waals surface area contributed by atoms with Crippen LogP contribution < -0.4 is 5.56 Å². The van der Waals surface area contributed by atoms with E-state index in [1.54, 1.807) is 12.4 Å². The lowest BCUT2D eigenvalue weighted by Crippen LogP contribution is -2.09. The van der Waals surface area contributed by atoms with Gasteiger partial charge in [0.15, 0.2) is 0 Å². The predicted octanol–water partition coefficient (Wildman–Crippen LogP) is 2.48. The van der Waals surface area contributed by atoms with E-state index in [2.05, 4.69) is 15.0 Å². The average molecular weight is 276 g/mol. The number of hydrogen-bond donors (Lipinski definition) is 1. The second kappa shape index (κ2) is 4.28. The van der Waals surface area contributed by atoms with Gasteiger partial charge in [-0.15, -0.1) is 0 Å². The summed E-state index contributed by atoms with van der Waals surface area (Å²) in [5.74, 6) is 0.561. The molecule has 0 bridgehead atoms. The van der Waals surface area contributed by atoms with Gasteiger partial charge in [-0.3, -0.25) is 4.79 Å². The molecule has 0 radical (unpaired) electrons. The van der Waals surface area contributed by atoms with Crippen LogP contribution >= 0.6 is 0 Å². The molecule has 0 fully saturated rings. The smallest absolute Gasteiger partial charge is 0.259 e. The number of aromatic amines is 1. The van der Waals surface area contributed by atoms with E-state index >= 15 is 0 Å². The second-order valence-corrected chi connectivity index (χ2v) is 4.99. The van der Waals surface area contributed by atoms with Crippen molar-refractivity contribution in [2.45, 2.75) is 0 Å². The van der Waals surface area contributed by atoms with Crippen molar-refractivity contribution >= 4 is 21.9 Å². The molecule has 0 unspecified atom stereocenters. The highest BCUT2D eigenvalue weighted by atomic mass is 16.1. The Labute approximate surface area is 119 Å². The van der Waals surface area contributed by atoms with E-state index in [4.69, 9.17) is 0 Å². The van der Waals surface area contributed by atoms with Gasteiger partial charge in [-0.1, -0.05) is 12.1 Å². The van der Waals surface area contributed by atoms with Crippen molar-refractivity contribution in [3.05, 3.63) is 59.1 Å². The number of para-hydroxylation sites is 1. The van der Waals surface area contributed by atoms with E-state index < -0.39 is 0 Å². The quantitative estimate of drug-likeness (QED) is 0.581. The van der Waals surface area contributed by atoms with E-state index in [-0.39, 0.29) is 5.56 Å². The number of nitrogens with one attached hydrogen (secondary N) is 1. The second-order valence-electron chi connectivity index (χ2n) is 4.99. The summed E-state index contributed by atoms with van der Waals surface area (Å²) < 4.78 is 1.95. The Hall–Kier alpha value is -2.95. The Morgan fingerprint density at radius 1 is 1.10 bits per heavy atom. The fourth-order valence-corrected chi connectivity index (χ4v) is 2.51. The van der Waals surface area contributed by atoms with Gasteiger partial charge in [-0.2, -0.15) is 0 Å². The molecule has 5 heteroatoms. The van der Waals surface area contributed by atoms with Crippen LogP contribution in [0.5, 0.6) is 0 Å². The molecular formula is C16H12N4O. The number of imidazole rings is 1. The summed E-state index contributed by atoms with van der Waals surface area (Å²) in [5.41, 5.74) is 3.34. The number of rotatable bonds is 1. The monoisotopic (exact) mass is 276 g/mol. The van der Waals surface area contributed by atoms with E-state index in [1.165, 1.54) is 0 Å². The van der Waals surface area contributed by atoms with Crippen molar-refractivity contribution in [2.75, 3.05) is 0 Å². The van der Waals surface area contributed by atoms with Crippen LogP contribution in [0.25, 0.3) is 33.3 Å². The minimum atomic E-state index is -0.128. The summed E-state index contributed by atoms with van der Waals surface area (Å²) in [7, 11) is 1.95. The van der Waals surface area contributed by atoms with Crippen LogP contribution in [-0.2, 0) is 7.05 Å². The fourth-order valence-electron chi connectivity index (χ4n) is 2.51. The first kappa shape index (κ1) is 11.8. The third-order valence-electron chi connectivity index (χ3n) is 3.61. The minimum absolute atomic E-state index is 0.128. The van der Waals surface area contributed by atoms with Crippen molar-refractivity contribution < 1.29 is 0 Å². The van der Waals surface area contributed by atoms with Gasteiger partial charge in [-0.05, 0) is 30.3 Å². The zero-order chi connectivity index (χ0) is 14.4. The third-order valence-corrected chi connectivity index (χ3v) is 3.61. The van der Waals surface area contributed by atoms with Crippen LogP contribution in [0.4, 0.5) is 0 Å². The molecule has 2 aromatic heterocycles. The van der Waals surface area contributed by atoms with Crippen LogP contribution in [0.15, 0.2) is 53.6 Å². The number of H-pyrrole nitrogens is 1. The Bertz CT molecular complexity index is 1030. The molecule has 21 heavy (non-hydrogen) atoms. The van der Waals surface area contributed by atoms with Crippen LogP contribution in [0.3, 0.4) is 0 Å². The highest BCUT2D eigenvalue weighted by Crippen LogP contribution is 2.21. The fraction of sp³-hybridized carbons (Fsp3) is 0.0625. The van der Waals surface area contributed by atoms with Gasteiger partial charge >= 0.3 is 0 Å². The molecule has 0 aliphatic rings. The molecule has 0 atom stereocenters. The molecule has 0 saturated carbocycles. The van der Waals surface area contributed by atoms with Crippen molar-refractivity contribution in [1.29, 1.82) is 0 Å². The number of fused-ring (bicyclic) bond motifs is 2. The van der Waals surface area contributed by atoms with Gasteiger partial charge in [0, 0.05) is 12.6 Å². The molecule has 2 heterocycles. The van der Waals surface area contributed by atoms with E-state index in [0.29, 0.717) is 16.7 Å². The summed E-state index contributed by atoms with van der Waals surface area (Å²) in [4.78, 5) is 23.8. The third kappa shape index (κ3) is 1.82. The zero-order valence-corrected chi connectivity index (χ0v) is 11.4. The Morgan fingerprint density at radius 2 is 1.95 bits per heavy atom. The maximum Gasteiger partial charge on any atom is 0.259 e. The average Bonchev–Trinajstić information content (AvgIpc) is 2.88. The van der Waals surface area contributed by atoms with Gasteiger partial charge in [0.25, 0.3) is 5.56 Å². The first-order chi connectivity index (χ1) is 10.2. The summed E-state index contributed by atoms with van der Waals surface area (Å²) in [5, 5.41) is 0.597. The zero-order valence-electron chi connectivity index (χ0n) is 11.4. The van der Waals surface area contributed by atoms with Crippen LogP contribution in [-0.4, -0.2) is 19.5 Å². The highest BCUT2D eigenvalue weighted by molar-refractivity contribution is 5.83. The minimum Gasteiger partial charge on any atom is -0.334 e. The Morgan fingerprint density at radius 3 is 2.86 bits per heavy atom. The Balaban J connectivity index is 1.97. The standard InChI is InChI=1S/C16H12N4O/c1-20-9-17-13-8-10(6-7-14(13)20)15-18-12-5-3-2-4-11(12)16(21)19-15/h2-9H,1H3,(H,18,19,21). The molecule has 0 amide bonds. The van der Waals surface area contributed by atoms with E-state index in [1.807, 2.05) is 48.0 Å². The first-order valence-electron chi connectivity index (χ1n) is 6.63. The molecular weight excluding hydrogens is 264 g/mol. The summed E-state index contributed by atoms with van der Waals surface area (Å²) in [6, 6.07) is 13.2. The van der Waals surface area contributed by atoms with Gasteiger partial charge < -0.3 is 9.55 Å². The topological polar surface area (TPSA) is 63.6 Å². The van der Waals surface area contributed by atoms with Gasteiger partial charge in [0.1, 0.15) is 5.82 Å². The van der Waals surface area contributed by atoms with E-state index in [9.17, 15) is 4.79 Å². The lowest BCUT2D eigenvalue weighted by atomic mass is 10.1. The molecule has 4 rings (SSSR count). The molecule has 2 aromatic carbocycles. The van der Waals surface area contributed by atoms with Crippen LogP contribution in [0.1, 0.15) is 0 Å². The number of nitrogens with zero attached hydrogens (tertiary/aromatic N) is 3. The number of aromatic nitrogens is 4. The van der Waals surface area contributed by atoms with Crippen LogP contribution in [0.2, 0.25) is 0 Å². The SMILES string of the molecule is Cn1cnc2cc(-c3nc4ccccc4c(=O)[nH]3)ccc21. The van der Waals surface area contributed by atoms with Gasteiger partial charge in [-0.25, -0.2) is 9.97 Å². The number of hydrogen-bond acceptors (Lipinski definition) is 3. The largest absolute Gasteiger partial charge is 0.334 e. The number of aryl methyl sites for hydroxylation is 1. The summed E-state index contributed by atoms with van der Waals surface area (Å²) in [6.07, 6.45) is 1.77. The van der Waals surface area contributed by atoms with Gasteiger partial charge in [0.05, 0.1) is 28.3 Å². The maximum absolute atomic E-state index is 12.1. The highest BCUT2D eigenvalue weighted by Gasteiger charge is 2.07. The summed E-state index contributed by atoms with van der Waals surface area (Å²) in [6.45, 7) is 0. The lowest BCUT2D eigenvalue weighted by Gasteiger charge is -2.03. The Kier molecular flexibility index (Phi) is 2.41. The van der Waals surface area contributed by atoms with Crippen molar-refractivity contribution in [2.24, 2.45) is 7.05 Å². The molecule has 0 aliphatic heterocycles. The van der Waals surface area contributed by atoms with Crippen LogP contribution in [0, 0.1) is 0 Å². The number of benzene rings is 2. The molecule has 102 valence electrons. The van der Waals surface area contributed by atoms with Crippen molar-refractivity contribution in [1.82, 2.24) is 19.5 Å². The van der Waals surface area contributed by atoms with E-state index in [0.717, 1.165) is 16.6 Å². The first-order valence-corrected chi connectivity index (χ1v) is 6.63. The summed E-state index contributed by atoms with van der Waals surface area (Å²) >= 11 is 0. The maximum atomic E-state index is 12.1. The molecule has 0 saturated heterocycles. The lowest BCUT2D eigenvalue weighted by molar-refractivity contribution is 0.947. The predicted molar refractivity (Wildman–Crippen MR) is 82.1 cm³/mol. The van der Waals surface area contributed by atoms with Crippen molar-refractivity contribution in [3.8, 4) is 11.4 Å². The molecule has 5 nitrogen and oxygen atoms in total. The molecule has 4 aromatic rings. The molecule has 0 spiro atoms. The molecule has 0 aliphatic carbocycles.